The number of rotatable bonds is 6. The number of hydrogen-bond acceptors (Lipinski definition) is 8. The van der Waals surface area contributed by atoms with Crippen LogP contribution in [0.5, 0.6) is 11.5 Å². The summed E-state index contributed by atoms with van der Waals surface area (Å²) < 4.78 is 23.7. The molecule has 0 unspecified atom stereocenters. The molecule has 10 nitrogen and oxygen atoms in total. The molecule has 160 valence electrons. The molecule has 0 aromatic heterocycles. The van der Waals surface area contributed by atoms with Gasteiger partial charge in [0.25, 0.3) is 11.8 Å². The van der Waals surface area contributed by atoms with Gasteiger partial charge in [0.1, 0.15) is 12.4 Å². The number of ether oxygens (including phenoxy) is 2. The number of nitrogens with zero attached hydrogens (tertiary/aromatic N) is 4. The van der Waals surface area contributed by atoms with E-state index < -0.39 is 35.6 Å². The summed E-state index contributed by atoms with van der Waals surface area (Å²) in [5, 5.41) is 11.4. The molecule has 2 heterocycles. The molecule has 1 fully saturated rings. The van der Waals surface area contributed by atoms with Gasteiger partial charge in [-0.3, -0.25) is 19.4 Å². The van der Waals surface area contributed by atoms with Crippen molar-refractivity contribution in [2.75, 3.05) is 31.0 Å². The average molecular weight is 427 g/mol. The molecule has 2 aliphatic heterocycles. The minimum Gasteiger partial charge on any atom is -0.493 e. The number of imide groups is 1. The third-order valence-electron chi connectivity index (χ3n) is 4.90. The van der Waals surface area contributed by atoms with E-state index in [1.807, 2.05) is 0 Å². The first-order chi connectivity index (χ1) is 14.9. The number of anilines is 2. The monoisotopic (exact) mass is 427 g/mol. The quantitative estimate of drug-likeness (QED) is 0.703. The van der Waals surface area contributed by atoms with E-state index in [2.05, 4.69) is 15.7 Å². The van der Waals surface area contributed by atoms with Gasteiger partial charge in [-0.15, -0.1) is 0 Å². The summed E-state index contributed by atoms with van der Waals surface area (Å²) in [6, 6.07) is 7.94. The van der Waals surface area contributed by atoms with Crippen molar-refractivity contribution in [2.45, 2.75) is 12.1 Å². The van der Waals surface area contributed by atoms with Crippen LogP contribution in [-0.4, -0.2) is 55.6 Å². The Morgan fingerprint density at radius 1 is 1.10 bits per heavy atom. The molecule has 2 atom stereocenters. The van der Waals surface area contributed by atoms with E-state index in [9.17, 15) is 18.8 Å². The topological polar surface area (TPSA) is 113 Å². The smallest absolute Gasteiger partial charge is 0.263 e. The van der Waals surface area contributed by atoms with Gasteiger partial charge in [-0.05, 0) is 30.3 Å². The maximum Gasteiger partial charge on any atom is 0.263 e. The molecule has 2 aliphatic rings. The molecule has 0 saturated carbocycles. The van der Waals surface area contributed by atoms with Crippen molar-refractivity contribution in [3.63, 3.8) is 0 Å². The molecule has 4 rings (SSSR count). The molecular weight excluding hydrogens is 409 g/mol. The minimum atomic E-state index is -1.05. The minimum absolute atomic E-state index is 0.262. The van der Waals surface area contributed by atoms with Gasteiger partial charge in [0.2, 0.25) is 5.91 Å². The van der Waals surface area contributed by atoms with E-state index in [1.54, 1.807) is 12.1 Å². The van der Waals surface area contributed by atoms with Crippen LogP contribution in [0.25, 0.3) is 0 Å². The number of halogens is 1. The molecule has 0 bridgehead atoms. The SMILES string of the molecule is COc1ccc(N2C(=O)[C@@H]3N=NN(CC(=O)Nc4cccc(F)c4)[C@H]3C2=O)cc1OC. The van der Waals surface area contributed by atoms with Crippen LogP contribution in [0.1, 0.15) is 0 Å². The molecule has 11 heteroatoms. The third-order valence-corrected chi connectivity index (χ3v) is 4.90. The first kappa shape index (κ1) is 20.3. The van der Waals surface area contributed by atoms with Gasteiger partial charge in [0.15, 0.2) is 23.6 Å². The van der Waals surface area contributed by atoms with E-state index in [4.69, 9.17) is 9.47 Å². The number of nitrogens with one attached hydrogen (secondary N) is 1. The zero-order chi connectivity index (χ0) is 22.1. The fourth-order valence-corrected chi connectivity index (χ4v) is 3.49. The summed E-state index contributed by atoms with van der Waals surface area (Å²) in [4.78, 5) is 39.2. The second-order valence-corrected chi connectivity index (χ2v) is 6.80. The van der Waals surface area contributed by atoms with Crippen LogP contribution in [0.15, 0.2) is 52.8 Å². The van der Waals surface area contributed by atoms with Crippen molar-refractivity contribution < 1.29 is 28.2 Å². The Balaban J connectivity index is 1.51. The molecule has 1 N–H and O–H groups in total. The van der Waals surface area contributed by atoms with Crippen molar-refractivity contribution in [1.82, 2.24) is 5.01 Å². The van der Waals surface area contributed by atoms with Crippen LogP contribution >= 0.6 is 0 Å². The van der Waals surface area contributed by atoms with E-state index in [1.165, 1.54) is 38.5 Å². The van der Waals surface area contributed by atoms with Crippen molar-refractivity contribution >= 4 is 29.1 Å². The molecule has 2 aromatic carbocycles. The van der Waals surface area contributed by atoms with Gasteiger partial charge in [0.05, 0.1) is 19.9 Å². The Hall–Kier alpha value is -4.02. The molecule has 0 spiro atoms. The van der Waals surface area contributed by atoms with E-state index in [0.717, 1.165) is 16.0 Å². The Morgan fingerprint density at radius 3 is 2.58 bits per heavy atom. The summed E-state index contributed by atoms with van der Waals surface area (Å²) in [6.45, 7) is -0.333. The van der Waals surface area contributed by atoms with Crippen LogP contribution in [0.2, 0.25) is 0 Å². The Bertz CT molecular complexity index is 1090. The van der Waals surface area contributed by atoms with Crippen LogP contribution in [0.3, 0.4) is 0 Å². The summed E-state index contributed by atoms with van der Waals surface area (Å²) in [5.41, 5.74) is 0.555. The van der Waals surface area contributed by atoms with Crippen molar-refractivity contribution in [3.05, 3.63) is 48.3 Å². The highest BCUT2D eigenvalue weighted by atomic mass is 19.1. The van der Waals surface area contributed by atoms with Crippen molar-refractivity contribution in [1.29, 1.82) is 0 Å². The first-order valence-electron chi connectivity index (χ1n) is 9.25. The maximum absolute atomic E-state index is 13.3. The van der Waals surface area contributed by atoms with Gasteiger partial charge in [-0.1, -0.05) is 11.3 Å². The largest absolute Gasteiger partial charge is 0.493 e. The second-order valence-electron chi connectivity index (χ2n) is 6.80. The summed E-state index contributed by atoms with van der Waals surface area (Å²) >= 11 is 0. The lowest BCUT2D eigenvalue weighted by molar-refractivity contribution is -0.123. The number of benzene rings is 2. The predicted octanol–water partition coefficient (Wildman–Crippen LogP) is 1.77. The van der Waals surface area contributed by atoms with Gasteiger partial charge >= 0.3 is 0 Å². The highest BCUT2D eigenvalue weighted by Gasteiger charge is 2.55. The molecular formula is C20H18FN5O5. The zero-order valence-electron chi connectivity index (χ0n) is 16.6. The predicted molar refractivity (Wildman–Crippen MR) is 106 cm³/mol. The van der Waals surface area contributed by atoms with Gasteiger partial charge in [-0.2, -0.15) is 5.11 Å². The van der Waals surface area contributed by atoms with Crippen LogP contribution < -0.4 is 19.7 Å². The highest BCUT2D eigenvalue weighted by Crippen LogP contribution is 2.36. The maximum atomic E-state index is 13.3. The highest BCUT2D eigenvalue weighted by molar-refractivity contribution is 6.25. The number of amides is 3. The first-order valence-corrected chi connectivity index (χ1v) is 9.25. The lowest BCUT2D eigenvalue weighted by Crippen LogP contribution is -2.43. The number of fused-ring (bicyclic) bond motifs is 1. The standard InChI is InChI=1S/C20H18FN5O5/c1-30-14-7-6-13(9-15(14)31-2)26-19(28)17-18(20(26)29)25(24-23-17)10-16(27)22-12-5-3-4-11(21)8-12/h3-9,17-18H,10H2,1-2H3,(H,22,27)/t17-,18-/m1/s1. The summed E-state index contributed by atoms with van der Waals surface area (Å²) in [6.07, 6.45) is 0. The normalized spacial score (nSPS) is 19.6. The van der Waals surface area contributed by atoms with E-state index >= 15 is 0 Å². The number of hydrogen-bond donors (Lipinski definition) is 1. The van der Waals surface area contributed by atoms with E-state index in [0.29, 0.717) is 17.2 Å². The number of carbonyl (C=O) groups excluding carboxylic acids is 3. The van der Waals surface area contributed by atoms with Crippen molar-refractivity contribution in [3.8, 4) is 11.5 Å². The summed E-state index contributed by atoms with van der Waals surface area (Å²) in [7, 11) is 2.92. The Labute approximate surface area is 176 Å². The second kappa shape index (κ2) is 8.01. The Kier molecular flexibility index (Phi) is 5.24. The Morgan fingerprint density at radius 2 is 1.87 bits per heavy atom. The molecule has 2 aromatic rings. The van der Waals surface area contributed by atoms with Crippen LogP contribution in [-0.2, 0) is 14.4 Å². The van der Waals surface area contributed by atoms with Gasteiger partial charge < -0.3 is 14.8 Å². The average Bonchev–Trinajstić information content (AvgIpc) is 3.27. The zero-order valence-corrected chi connectivity index (χ0v) is 16.6. The van der Waals surface area contributed by atoms with Crippen molar-refractivity contribution in [2.24, 2.45) is 10.3 Å². The number of carbonyl (C=O) groups is 3. The fourth-order valence-electron chi connectivity index (χ4n) is 3.49. The lowest BCUT2D eigenvalue weighted by atomic mass is 10.1. The van der Waals surface area contributed by atoms with Gasteiger partial charge in [-0.25, -0.2) is 9.29 Å². The molecule has 0 aliphatic carbocycles. The number of methoxy groups -OCH3 is 2. The molecule has 31 heavy (non-hydrogen) atoms. The fraction of sp³-hybridized carbons (Fsp3) is 0.250. The van der Waals surface area contributed by atoms with E-state index in [-0.39, 0.29) is 12.2 Å². The molecule has 0 radical (unpaired) electrons. The van der Waals surface area contributed by atoms with Gasteiger partial charge in [0, 0.05) is 11.8 Å². The third kappa shape index (κ3) is 3.65. The molecule has 1 saturated heterocycles. The lowest BCUT2D eigenvalue weighted by Gasteiger charge is -2.20. The molecule has 3 amide bonds. The summed E-state index contributed by atoms with van der Waals surface area (Å²) in [5.74, 6) is -1.35. The van der Waals surface area contributed by atoms with Crippen LogP contribution in [0.4, 0.5) is 15.8 Å². The van der Waals surface area contributed by atoms with Crippen LogP contribution in [0, 0.1) is 5.82 Å².